The molecule has 4 rings (SSSR count). The van der Waals surface area contributed by atoms with E-state index in [2.05, 4.69) is 27.3 Å². The van der Waals surface area contributed by atoms with E-state index < -0.39 is 0 Å². The number of hydrogen-bond acceptors (Lipinski definition) is 2. The standard InChI is InChI=1S/C24H18BrClN2O/c1-14-10-15(2)23-18(11-14)19(13-22(28-23)16-6-4-3-5-7-16)24(29)27-17-8-9-20(25)21(26)12-17/h3-13H,1-2H3,(H,27,29). The highest BCUT2D eigenvalue weighted by Crippen LogP contribution is 2.30. The molecule has 1 aromatic heterocycles. The van der Waals surface area contributed by atoms with Gasteiger partial charge in [-0.05, 0) is 65.7 Å². The second kappa shape index (κ2) is 7.97. The Balaban J connectivity index is 1.86. The zero-order valence-electron chi connectivity index (χ0n) is 16.0. The topological polar surface area (TPSA) is 42.0 Å². The molecule has 4 aromatic rings. The number of nitrogens with zero attached hydrogens (tertiary/aromatic N) is 1. The number of anilines is 1. The fraction of sp³-hybridized carbons (Fsp3) is 0.0833. The van der Waals surface area contributed by atoms with Crippen LogP contribution in [0.5, 0.6) is 0 Å². The van der Waals surface area contributed by atoms with E-state index in [1.165, 1.54) is 0 Å². The van der Waals surface area contributed by atoms with Gasteiger partial charge < -0.3 is 5.32 Å². The molecule has 29 heavy (non-hydrogen) atoms. The van der Waals surface area contributed by atoms with Crippen LogP contribution in [-0.4, -0.2) is 10.9 Å². The molecule has 3 aromatic carbocycles. The smallest absolute Gasteiger partial charge is 0.256 e. The molecule has 0 aliphatic carbocycles. The molecule has 0 aliphatic rings. The van der Waals surface area contributed by atoms with E-state index in [-0.39, 0.29) is 5.91 Å². The minimum absolute atomic E-state index is 0.196. The molecule has 0 bridgehead atoms. The summed E-state index contributed by atoms with van der Waals surface area (Å²) in [5, 5.41) is 4.34. The fourth-order valence-electron chi connectivity index (χ4n) is 3.40. The van der Waals surface area contributed by atoms with Crippen molar-refractivity contribution in [1.82, 2.24) is 4.98 Å². The highest BCUT2D eigenvalue weighted by molar-refractivity contribution is 9.10. The van der Waals surface area contributed by atoms with E-state index in [9.17, 15) is 4.79 Å². The maximum absolute atomic E-state index is 13.2. The zero-order valence-corrected chi connectivity index (χ0v) is 18.3. The number of aryl methyl sites for hydroxylation is 2. The maximum Gasteiger partial charge on any atom is 0.256 e. The van der Waals surface area contributed by atoms with Gasteiger partial charge in [-0.1, -0.05) is 53.6 Å². The van der Waals surface area contributed by atoms with E-state index >= 15 is 0 Å². The predicted molar refractivity (Wildman–Crippen MR) is 124 cm³/mol. The SMILES string of the molecule is Cc1cc(C)c2nc(-c3ccccc3)cc(C(=O)Nc3ccc(Br)c(Cl)c3)c2c1. The number of halogens is 2. The van der Waals surface area contributed by atoms with E-state index in [0.717, 1.165) is 37.8 Å². The van der Waals surface area contributed by atoms with Crippen LogP contribution in [-0.2, 0) is 0 Å². The molecule has 144 valence electrons. The summed E-state index contributed by atoms with van der Waals surface area (Å²) < 4.78 is 0.782. The van der Waals surface area contributed by atoms with Gasteiger partial charge in [0.05, 0.1) is 21.8 Å². The normalized spacial score (nSPS) is 10.9. The molecule has 1 heterocycles. The molecular formula is C24H18BrClN2O. The molecular weight excluding hydrogens is 448 g/mol. The lowest BCUT2D eigenvalue weighted by atomic mass is 9.99. The van der Waals surface area contributed by atoms with Crippen molar-refractivity contribution in [3.63, 3.8) is 0 Å². The van der Waals surface area contributed by atoms with Gasteiger partial charge in [0.1, 0.15) is 0 Å². The van der Waals surface area contributed by atoms with Crippen molar-refractivity contribution in [3.05, 3.63) is 92.9 Å². The number of carbonyl (C=O) groups is 1. The second-order valence-corrected chi connectivity index (χ2v) is 8.24. The molecule has 0 saturated carbocycles. The summed E-state index contributed by atoms with van der Waals surface area (Å²) in [5.74, 6) is -0.196. The van der Waals surface area contributed by atoms with Crippen LogP contribution in [0.3, 0.4) is 0 Å². The summed E-state index contributed by atoms with van der Waals surface area (Å²) >= 11 is 9.55. The number of pyridine rings is 1. The zero-order chi connectivity index (χ0) is 20.5. The Morgan fingerprint density at radius 3 is 2.48 bits per heavy atom. The summed E-state index contributed by atoms with van der Waals surface area (Å²) in [7, 11) is 0. The summed E-state index contributed by atoms with van der Waals surface area (Å²) in [6.07, 6.45) is 0. The number of benzene rings is 3. The Kier molecular flexibility index (Phi) is 5.39. The molecule has 0 fully saturated rings. The lowest BCUT2D eigenvalue weighted by Crippen LogP contribution is -2.13. The third kappa shape index (κ3) is 4.04. The number of hydrogen-bond donors (Lipinski definition) is 1. The monoisotopic (exact) mass is 464 g/mol. The first-order valence-electron chi connectivity index (χ1n) is 9.16. The molecule has 0 saturated heterocycles. The summed E-state index contributed by atoms with van der Waals surface area (Å²) in [6.45, 7) is 4.04. The van der Waals surface area contributed by atoms with Crippen molar-refractivity contribution >= 4 is 50.0 Å². The number of amides is 1. The van der Waals surface area contributed by atoms with Crippen LogP contribution in [0, 0.1) is 13.8 Å². The third-order valence-corrected chi connectivity index (χ3v) is 5.97. The minimum Gasteiger partial charge on any atom is -0.322 e. The van der Waals surface area contributed by atoms with Crippen LogP contribution in [0.4, 0.5) is 5.69 Å². The highest BCUT2D eigenvalue weighted by atomic mass is 79.9. The first-order valence-corrected chi connectivity index (χ1v) is 10.3. The first-order chi connectivity index (χ1) is 13.9. The van der Waals surface area contributed by atoms with Crippen LogP contribution < -0.4 is 5.32 Å². The van der Waals surface area contributed by atoms with Crippen molar-refractivity contribution in [2.45, 2.75) is 13.8 Å². The lowest BCUT2D eigenvalue weighted by molar-refractivity contribution is 0.102. The Morgan fingerprint density at radius 2 is 1.76 bits per heavy atom. The molecule has 1 amide bonds. The molecule has 1 N–H and O–H groups in total. The quantitative estimate of drug-likeness (QED) is 0.348. The average molecular weight is 466 g/mol. The van der Waals surface area contributed by atoms with Gasteiger partial charge in [-0.2, -0.15) is 0 Å². The van der Waals surface area contributed by atoms with Gasteiger partial charge in [0.25, 0.3) is 5.91 Å². The minimum atomic E-state index is -0.196. The van der Waals surface area contributed by atoms with Crippen molar-refractivity contribution in [3.8, 4) is 11.3 Å². The van der Waals surface area contributed by atoms with Gasteiger partial charge in [0.2, 0.25) is 0 Å². The van der Waals surface area contributed by atoms with Crippen molar-refractivity contribution in [1.29, 1.82) is 0 Å². The van der Waals surface area contributed by atoms with Crippen molar-refractivity contribution in [2.75, 3.05) is 5.32 Å². The molecule has 5 heteroatoms. The van der Waals surface area contributed by atoms with Gasteiger partial charge in [0, 0.05) is 21.1 Å². The lowest BCUT2D eigenvalue weighted by Gasteiger charge is -2.13. The molecule has 0 unspecified atom stereocenters. The molecule has 3 nitrogen and oxygen atoms in total. The summed E-state index contributed by atoms with van der Waals surface area (Å²) in [4.78, 5) is 18.1. The van der Waals surface area contributed by atoms with Gasteiger partial charge in [0.15, 0.2) is 0 Å². The highest BCUT2D eigenvalue weighted by Gasteiger charge is 2.16. The van der Waals surface area contributed by atoms with Gasteiger partial charge in [-0.15, -0.1) is 0 Å². The summed E-state index contributed by atoms with van der Waals surface area (Å²) in [5.41, 5.74) is 5.91. The predicted octanol–water partition coefficient (Wildman–Crippen LogP) is 7.19. The van der Waals surface area contributed by atoms with Crippen LogP contribution in [0.1, 0.15) is 21.5 Å². The molecule has 0 aliphatic heterocycles. The first kappa shape index (κ1) is 19.6. The van der Waals surface area contributed by atoms with Crippen molar-refractivity contribution < 1.29 is 4.79 Å². The fourth-order valence-corrected chi connectivity index (χ4v) is 3.83. The number of nitrogens with one attached hydrogen (secondary N) is 1. The largest absolute Gasteiger partial charge is 0.322 e. The Bertz CT molecular complexity index is 1240. The van der Waals surface area contributed by atoms with E-state index in [0.29, 0.717) is 16.3 Å². The van der Waals surface area contributed by atoms with Crippen LogP contribution in [0.25, 0.3) is 22.2 Å². The third-order valence-electron chi connectivity index (χ3n) is 4.74. The molecule has 0 atom stereocenters. The molecule has 0 radical (unpaired) electrons. The van der Waals surface area contributed by atoms with E-state index in [1.54, 1.807) is 6.07 Å². The second-order valence-electron chi connectivity index (χ2n) is 6.98. The van der Waals surface area contributed by atoms with Gasteiger partial charge >= 0.3 is 0 Å². The Labute approximate surface area is 182 Å². The number of aromatic nitrogens is 1. The van der Waals surface area contributed by atoms with E-state index in [1.807, 2.05) is 68.4 Å². The number of carbonyl (C=O) groups excluding carboxylic acids is 1. The average Bonchev–Trinajstić information content (AvgIpc) is 2.70. The number of fused-ring (bicyclic) bond motifs is 1. The molecule has 0 spiro atoms. The van der Waals surface area contributed by atoms with Crippen LogP contribution in [0.15, 0.2) is 71.2 Å². The van der Waals surface area contributed by atoms with Gasteiger partial charge in [-0.3, -0.25) is 4.79 Å². The summed E-state index contributed by atoms with van der Waals surface area (Å²) in [6, 6.07) is 21.2. The number of rotatable bonds is 3. The maximum atomic E-state index is 13.2. The van der Waals surface area contributed by atoms with Gasteiger partial charge in [-0.25, -0.2) is 4.98 Å². The van der Waals surface area contributed by atoms with Crippen LogP contribution in [0.2, 0.25) is 5.02 Å². The Hall–Kier alpha value is -2.69. The van der Waals surface area contributed by atoms with E-state index in [4.69, 9.17) is 16.6 Å². The van der Waals surface area contributed by atoms with Crippen LogP contribution >= 0.6 is 27.5 Å². The van der Waals surface area contributed by atoms with Crippen molar-refractivity contribution in [2.24, 2.45) is 0 Å². The Morgan fingerprint density at radius 1 is 1.00 bits per heavy atom.